The van der Waals surface area contributed by atoms with Crippen LogP contribution in [0.15, 0.2) is 24.4 Å². The molecule has 3 rings (SSSR count). The lowest BCUT2D eigenvalue weighted by atomic mass is 10.2. The number of amides is 2. The van der Waals surface area contributed by atoms with Crippen LogP contribution in [0.25, 0.3) is 0 Å². The van der Waals surface area contributed by atoms with Gasteiger partial charge in [-0.2, -0.15) is 8.75 Å². The number of benzene rings is 1. The van der Waals surface area contributed by atoms with Crippen LogP contribution in [0.1, 0.15) is 5.56 Å². The van der Waals surface area contributed by atoms with E-state index in [4.69, 9.17) is 9.47 Å². The molecule has 8 heteroatoms. The molecule has 1 aliphatic rings. The van der Waals surface area contributed by atoms with E-state index in [2.05, 4.69) is 14.1 Å². The average Bonchev–Trinajstić information content (AvgIpc) is 2.90. The molecule has 0 unspecified atom stereocenters. The Morgan fingerprint density at radius 3 is 3.19 bits per heavy atom. The van der Waals surface area contributed by atoms with E-state index in [9.17, 15) is 4.79 Å². The van der Waals surface area contributed by atoms with Crippen molar-refractivity contribution in [2.75, 3.05) is 25.6 Å². The number of carbonyl (C=O) groups excluding carboxylic acids is 1. The zero-order chi connectivity index (χ0) is 14.7. The normalized spacial score (nSPS) is 13.9. The van der Waals surface area contributed by atoms with E-state index in [1.807, 2.05) is 18.2 Å². The number of carbonyl (C=O) groups is 1. The van der Waals surface area contributed by atoms with Gasteiger partial charge >= 0.3 is 6.03 Å². The molecule has 1 aromatic heterocycles. The zero-order valence-electron chi connectivity index (χ0n) is 11.4. The van der Waals surface area contributed by atoms with E-state index in [1.165, 1.54) is 6.20 Å². The topological polar surface area (TPSA) is 76.6 Å². The van der Waals surface area contributed by atoms with Gasteiger partial charge in [-0.05, 0) is 12.1 Å². The third-order valence-electron chi connectivity index (χ3n) is 3.14. The van der Waals surface area contributed by atoms with Crippen LogP contribution in [0.3, 0.4) is 0 Å². The van der Waals surface area contributed by atoms with Crippen LogP contribution in [-0.4, -0.2) is 39.9 Å². The number of anilines is 1. The van der Waals surface area contributed by atoms with Gasteiger partial charge in [-0.1, -0.05) is 0 Å². The van der Waals surface area contributed by atoms with Crippen molar-refractivity contribution >= 4 is 23.6 Å². The first-order valence-corrected chi connectivity index (χ1v) is 7.12. The summed E-state index contributed by atoms with van der Waals surface area (Å²) in [6.07, 6.45) is 1.52. The van der Waals surface area contributed by atoms with Crippen LogP contribution in [-0.2, 0) is 6.54 Å². The largest absolute Gasteiger partial charge is 0.497 e. The lowest BCUT2D eigenvalue weighted by Gasteiger charge is -2.19. The summed E-state index contributed by atoms with van der Waals surface area (Å²) in [5.74, 6) is 1.95. The first-order chi connectivity index (χ1) is 10.3. The Morgan fingerprint density at radius 1 is 1.52 bits per heavy atom. The summed E-state index contributed by atoms with van der Waals surface area (Å²) < 4.78 is 18.7. The molecule has 1 aliphatic heterocycles. The first kappa shape index (κ1) is 13.6. The molecule has 0 fully saturated rings. The number of methoxy groups -OCH3 is 1. The molecule has 110 valence electrons. The Bertz CT molecular complexity index is 632. The molecule has 0 saturated carbocycles. The fourth-order valence-corrected chi connectivity index (χ4v) is 2.43. The second kappa shape index (κ2) is 5.96. The first-order valence-electron chi connectivity index (χ1n) is 6.39. The predicted octanol–water partition coefficient (Wildman–Crippen LogP) is 1.97. The van der Waals surface area contributed by atoms with Crippen molar-refractivity contribution in [2.24, 2.45) is 0 Å². The molecular weight excluding hydrogens is 292 g/mol. The molecule has 0 radical (unpaired) electrons. The van der Waals surface area contributed by atoms with Crippen LogP contribution in [0, 0.1) is 0 Å². The summed E-state index contributed by atoms with van der Waals surface area (Å²) in [5, 5.41) is 2.72. The van der Waals surface area contributed by atoms with E-state index in [1.54, 1.807) is 12.0 Å². The average molecular weight is 306 g/mol. The maximum absolute atomic E-state index is 12.2. The highest BCUT2D eigenvalue weighted by Gasteiger charge is 2.20. The molecule has 21 heavy (non-hydrogen) atoms. The Hall–Kier alpha value is -2.35. The number of ether oxygens (including phenoxy) is 2. The Kier molecular flexibility index (Phi) is 3.87. The van der Waals surface area contributed by atoms with E-state index >= 15 is 0 Å². The summed E-state index contributed by atoms with van der Waals surface area (Å²) in [6.45, 7) is 1.41. The van der Waals surface area contributed by atoms with Crippen LogP contribution in [0.5, 0.6) is 11.5 Å². The zero-order valence-corrected chi connectivity index (χ0v) is 12.2. The number of rotatable bonds is 2. The molecule has 1 N–H and O–H groups in total. The molecule has 2 aromatic rings. The monoisotopic (exact) mass is 306 g/mol. The Morgan fingerprint density at radius 2 is 2.43 bits per heavy atom. The third kappa shape index (κ3) is 3.05. The van der Waals surface area contributed by atoms with Crippen molar-refractivity contribution in [3.05, 3.63) is 30.0 Å². The van der Waals surface area contributed by atoms with E-state index in [0.717, 1.165) is 28.8 Å². The highest BCUT2D eigenvalue weighted by Crippen LogP contribution is 2.28. The number of fused-ring (bicyclic) bond motifs is 1. The van der Waals surface area contributed by atoms with Crippen molar-refractivity contribution in [1.29, 1.82) is 0 Å². The van der Waals surface area contributed by atoms with E-state index < -0.39 is 0 Å². The van der Waals surface area contributed by atoms with Gasteiger partial charge in [-0.25, -0.2) is 4.79 Å². The van der Waals surface area contributed by atoms with Crippen LogP contribution in [0.4, 0.5) is 10.6 Å². The molecule has 7 nitrogen and oxygen atoms in total. The molecule has 0 atom stereocenters. The molecular formula is C13H14N4O3S. The lowest BCUT2D eigenvalue weighted by Crippen LogP contribution is -2.36. The molecule has 0 aliphatic carbocycles. The Labute approximate surface area is 125 Å². The minimum absolute atomic E-state index is 0.213. The molecule has 0 bridgehead atoms. The van der Waals surface area contributed by atoms with Gasteiger partial charge in [0, 0.05) is 11.6 Å². The number of nitrogens with zero attached hydrogens (tertiary/aromatic N) is 3. The number of urea groups is 1. The quantitative estimate of drug-likeness (QED) is 0.918. The summed E-state index contributed by atoms with van der Waals surface area (Å²) in [4.78, 5) is 13.9. The molecule has 2 heterocycles. The maximum Gasteiger partial charge on any atom is 0.323 e. The summed E-state index contributed by atoms with van der Waals surface area (Å²) >= 11 is 1.05. The minimum atomic E-state index is -0.213. The predicted molar refractivity (Wildman–Crippen MR) is 77.8 cm³/mol. The van der Waals surface area contributed by atoms with Crippen LogP contribution in [0.2, 0.25) is 0 Å². The van der Waals surface area contributed by atoms with Gasteiger partial charge in [0.2, 0.25) is 0 Å². The molecule has 2 amide bonds. The van der Waals surface area contributed by atoms with Crippen molar-refractivity contribution in [1.82, 2.24) is 13.6 Å². The van der Waals surface area contributed by atoms with Crippen molar-refractivity contribution in [2.45, 2.75) is 6.54 Å². The standard InChI is InChI=1S/C13H14N4O3S/c1-19-10-3-2-9-8-17(4-5-20-11(9)6-10)13(18)15-12-7-14-21-16-12/h2-3,6-7H,4-5,8H2,1H3,(H,15,16,18). The second-order valence-corrected chi connectivity index (χ2v) is 5.02. The number of aromatic nitrogens is 2. The molecule has 0 saturated heterocycles. The summed E-state index contributed by atoms with van der Waals surface area (Å²) in [7, 11) is 1.61. The van der Waals surface area contributed by atoms with Gasteiger partial charge in [0.05, 0.1) is 38.1 Å². The van der Waals surface area contributed by atoms with Crippen molar-refractivity contribution in [3.8, 4) is 11.5 Å². The van der Waals surface area contributed by atoms with Gasteiger partial charge in [-0.3, -0.25) is 5.32 Å². The number of nitrogens with one attached hydrogen (secondary N) is 1. The summed E-state index contributed by atoms with van der Waals surface area (Å²) in [6, 6.07) is 5.38. The number of hydrogen-bond donors (Lipinski definition) is 1. The minimum Gasteiger partial charge on any atom is -0.497 e. The lowest BCUT2D eigenvalue weighted by molar-refractivity contribution is 0.200. The second-order valence-electron chi connectivity index (χ2n) is 4.47. The van der Waals surface area contributed by atoms with E-state index in [-0.39, 0.29) is 6.03 Å². The van der Waals surface area contributed by atoms with Crippen LogP contribution < -0.4 is 14.8 Å². The Balaban J connectivity index is 1.74. The van der Waals surface area contributed by atoms with Crippen LogP contribution >= 0.6 is 11.7 Å². The van der Waals surface area contributed by atoms with Gasteiger partial charge in [0.1, 0.15) is 18.1 Å². The fraction of sp³-hybridized carbons (Fsp3) is 0.308. The maximum atomic E-state index is 12.2. The van der Waals surface area contributed by atoms with Gasteiger partial charge in [-0.15, -0.1) is 0 Å². The van der Waals surface area contributed by atoms with Crippen molar-refractivity contribution in [3.63, 3.8) is 0 Å². The SMILES string of the molecule is COc1ccc2c(c1)OCCN(C(=O)Nc1cnsn1)C2. The third-order valence-corrected chi connectivity index (χ3v) is 3.62. The molecule has 1 aromatic carbocycles. The summed E-state index contributed by atoms with van der Waals surface area (Å²) in [5.41, 5.74) is 0.944. The smallest absolute Gasteiger partial charge is 0.323 e. The highest BCUT2D eigenvalue weighted by atomic mass is 32.1. The van der Waals surface area contributed by atoms with E-state index in [0.29, 0.717) is 25.5 Å². The van der Waals surface area contributed by atoms with Crippen molar-refractivity contribution < 1.29 is 14.3 Å². The fourth-order valence-electron chi connectivity index (χ4n) is 2.06. The van der Waals surface area contributed by atoms with Gasteiger partial charge < -0.3 is 14.4 Å². The van der Waals surface area contributed by atoms with Gasteiger partial charge in [0.15, 0.2) is 5.82 Å². The molecule has 0 spiro atoms. The number of hydrogen-bond acceptors (Lipinski definition) is 6. The highest BCUT2D eigenvalue weighted by molar-refractivity contribution is 6.99. The van der Waals surface area contributed by atoms with Gasteiger partial charge in [0.25, 0.3) is 0 Å².